The van der Waals surface area contributed by atoms with Gasteiger partial charge in [0.15, 0.2) is 0 Å². The average molecular weight is 345 g/mol. The molecule has 1 aromatic carbocycles. The molecular formula is C12H7N7O6. The number of benzene rings is 1. The van der Waals surface area contributed by atoms with E-state index in [9.17, 15) is 19.7 Å². The summed E-state index contributed by atoms with van der Waals surface area (Å²) in [6.07, 6.45) is 2.27. The highest BCUT2D eigenvalue weighted by atomic mass is 16.6. The van der Waals surface area contributed by atoms with Crippen molar-refractivity contribution in [2.75, 3.05) is 0 Å². The summed E-state index contributed by atoms with van der Waals surface area (Å²) < 4.78 is 9.74. The molecule has 13 heteroatoms. The van der Waals surface area contributed by atoms with Gasteiger partial charge in [-0.05, 0) is 6.07 Å². The number of ether oxygens (including phenoxy) is 2. The van der Waals surface area contributed by atoms with E-state index in [2.05, 4.69) is 30.8 Å². The number of hydrogen-bond donors (Lipinski definition) is 2. The van der Waals surface area contributed by atoms with E-state index >= 15 is 0 Å². The molecule has 126 valence electrons. The van der Waals surface area contributed by atoms with E-state index < -0.39 is 22.5 Å². The third-order valence-electron chi connectivity index (χ3n) is 2.78. The van der Waals surface area contributed by atoms with Gasteiger partial charge in [0.05, 0.1) is 16.1 Å². The Morgan fingerprint density at radius 1 is 0.920 bits per heavy atom. The monoisotopic (exact) mass is 345 g/mol. The van der Waals surface area contributed by atoms with Gasteiger partial charge in [-0.15, -0.1) is 10.2 Å². The summed E-state index contributed by atoms with van der Waals surface area (Å²) in [6.45, 7) is 0. The van der Waals surface area contributed by atoms with E-state index in [1.807, 2.05) is 0 Å². The minimum absolute atomic E-state index is 0.136. The molecule has 0 radical (unpaired) electrons. The molecule has 0 bridgehead atoms. The van der Waals surface area contributed by atoms with Crippen LogP contribution in [0.25, 0.3) is 0 Å². The van der Waals surface area contributed by atoms with Crippen LogP contribution in [0, 0.1) is 10.1 Å². The molecule has 0 aliphatic carbocycles. The van der Waals surface area contributed by atoms with Crippen molar-refractivity contribution in [3.05, 3.63) is 51.8 Å². The maximum Gasteiger partial charge on any atom is 0.345 e. The highest BCUT2D eigenvalue weighted by Gasteiger charge is 2.21. The number of hydrogen-bond acceptors (Lipinski definition) is 10. The fourth-order valence-corrected chi connectivity index (χ4v) is 1.74. The minimum Gasteiger partial charge on any atom is -0.400 e. The third kappa shape index (κ3) is 3.61. The summed E-state index contributed by atoms with van der Waals surface area (Å²) in [5, 5.41) is 29.4. The largest absolute Gasteiger partial charge is 0.400 e. The van der Waals surface area contributed by atoms with Crippen molar-refractivity contribution < 1.29 is 24.0 Å². The van der Waals surface area contributed by atoms with Crippen molar-refractivity contribution in [1.29, 1.82) is 0 Å². The Morgan fingerprint density at radius 2 is 1.40 bits per heavy atom. The van der Waals surface area contributed by atoms with E-state index in [0.717, 1.165) is 30.6 Å². The van der Waals surface area contributed by atoms with Crippen LogP contribution in [0.5, 0.6) is 11.8 Å². The number of esters is 2. The van der Waals surface area contributed by atoms with Crippen LogP contribution in [-0.2, 0) is 0 Å². The zero-order chi connectivity index (χ0) is 17.8. The molecule has 13 nitrogen and oxygen atoms in total. The highest BCUT2D eigenvalue weighted by Crippen LogP contribution is 2.20. The predicted octanol–water partition coefficient (Wildman–Crippen LogP) is 0.269. The molecule has 3 aromatic rings. The molecule has 2 aromatic heterocycles. The molecule has 0 aliphatic rings. The molecule has 0 aliphatic heterocycles. The number of nitro benzene ring substituents is 1. The van der Waals surface area contributed by atoms with E-state index in [1.165, 1.54) is 0 Å². The lowest BCUT2D eigenvalue weighted by Crippen LogP contribution is -2.14. The fraction of sp³-hybridized carbons (Fsp3) is 0. The summed E-state index contributed by atoms with van der Waals surface area (Å²) in [5.41, 5.74) is -0.990. The van der Waals surface area contributed by atoms with Crippen molar-refractivity contribution in [1.82, 2.24) is 30.8 Å². The lowest BCUT2D eigenvalue weighted by Gasteiger charge is -2.04. The molecule has 0 atom stereocenters. The molecular weight excluding hydrogens is 338 g/mol. The summed E-state index contributed by atoms with van der Waals surface area (Å²) in [4.78, 5) is 34.4. The first-order valence-corrected chi connectivity index (χ1v) is 6.48. The molecule has 0 saturated carbocycles. The third-order valence-corrected chi connectivity index (χ3v) is 2.78. The van der Waals surface area contributed by atoms with Gasteiger partial charge in [-0.3, -0.25) is 10.1 Å². The predicted molar refractivity (Wildman–Crippen MR) is 75.8 cm³/mol. The van der Waals surface area contributed by atoms with Crippen LogP contribution < -0.4 is 9.47 Å². The second-order valence-electron chi connectivity index (χ2n) is 4.42. The Bertz CT molecular complexity index is 855. The van der Waals surface area contributed by atoms with Gasteiger partial charge in [-0.25, -0.2) is 9.59 Å². The van der Waals surface area contributed by atoms with Crippen LogP contribution in [0.4, 0.5) is 5.69 Å². The number of carbonyl (C=O) groups excluding carboxylic acids is 2. The maximum absolute atomic E-state index is 12.1. The molecule has 2 N–H and O–H groups in total. The number of carbonyl (C=O) groups is 2. The maximum atomic E-state index is 12.1. The van der Waals surface area contributed by atoms with Gasteiger partial charge in [0, 0.05) is 12.1 Å². The Kier molecular flexibility index (Phi) is 4.11. The Balaban J connectivity index is 1.90. The van der Waals surface area contributed by atoms with E-state index in [1.54, 1.807) is 0 Å². The van der Waals surface area contributed by atoms with Gasteiger partial charge in [0.1, 0.15) is 12.4 Å². The van der Waals surface area contributed by atoms with Gasteiger partial charge < -0.3 is 9.47 Å². The number of nitrogens with zero attached hydrogens (tertiary/aromatic N) is 5. The minimum atomic E-state index is -0.965. The molecule has 0 amide bonds. The van der Waals surface area contributed by atoms with Crippen molar-refractivity contribution >= 4 is 17.6 Å². The first-order chi connectivity index (χ1) is 12.0. The molecule has 0 unspecified atom stereocenters. The first kappa shape index (κ1) is 15.7. The van der Waals surface area contributed by atoms with E-state index in [-0.39, 0.29) is 22.9 Å². The highest BCUT2D eigenvalue weighted by molar-refractivity contribution is 5.97. The summed E-state index contributed by atoms with van der Waals surface area (Å²) >= 11 is 0. The van der Waals surface area contributed by atoms with Gasteiger partial charge in [-0.2, -0.15) is 20.6 Å². The van der Waals surface area contributed by atoms with Gasteiger partial charge in [0.25, 0.3) is 17.4 Å². The number of aromatic amines is 2. The Labute approximate surface area is 137 Å². The lowest BCUT2D eigenvalue weighted by molar-refractivity contribution is -0.384. The zero-order valence-corrected chi connectivity index (χ0v) is 12.1. The Hall–Kier alpha value is -4.16. The van der Waals surface area contributed by atoms with Gasteiger partial charge in [-0.1, -0.05) is 0 Å². The number of H-pyrrole nitrogens is 2. The van der Waals surface area contributed by atoms with Gasteiger partial charge in [0.2, 0.25) is 0 Å². The first-order valence-electron chi connectivity index (χ1n) is 6.48. The van der Waals surface area contributed by atoms with Crippen molar-refractivity contribution in [3.8, 4) is 11.8 Å². The molecule has 0 spiro atoms. The molecule has 25 heavy (non-hydrogen) atoms. The van der Waals surface area contributed by atoms with Crippen LogP contribution in [0.1, 0.15) is 20.7 Å². The number of rotatable bonds is 5. The summed E-state index contributed by atoms with van der Waals surface area (Å²) in [6, 6.07) is 2.99. The smallest absolute Gasteiger partial charge is 0.345 e. The topological polar surface area (TPSA) is 179 Å². The van der Waals surface area contributed by atoms with Crippen LogP contribution in [0.3, 0.4) is 0 Å². The van der Waals surface area contributed by atoms with E-state index in [4.69, 9.17) is 9.47 Å². The van der Waals surface area contributed by atoms with Gasteiger partial charge >= 0.3 is 11.9 Å². The zero-order valence-electron chi connectivity index (χ0n) is 12.1. The molecule has 0 saturated heterocycles. The van der Waals surface area contributed by atoms with Crippen LogP contribution in [-0.4, -0.2) is 47.7 Å². The quantitative estimate of drug-likeness (QED) is 0.370. The number of nitrogens with one attached hydrogen (secondary N) is 2. The normalized spacial score (nSPS) is 10.2. The van der Waals surface area contributed by atoms with Crippen molar-refractivity contribution in [3.63, 3.8) is 0 Å². The second-order valence-corrected chi connectivity index (χ2v) is 4.42. The fourth-order valence-electron chi connectivity index (χ4n) is 1.74. The van der Waals surface area contributed by atoms with E-state index in [0.29, 0.717) is 0 Å². The van der Waals surface area contributed by atoms with Crippen LogP contribution >= 0.6 is 0 Å². The Morgan fingerprint density at radius 3 is 1.76 bits per heavy atom. The SMILES string of the molecule is O=C(Oc1cn[nH]n1)c1cc(C(=O)Oc2cn[nH]n2)cc([N+](=O)[O-])c1. The van der Waals surface area contributed by atoms with Crippen molar-refractivity contribution in [2.24, 2.45) is 0 Å². The lowest BCUT2D eigenvalue weighted by atomic mass is 10.1. The summed E-state index contributed by atoms with van der Waals surface area (Å²) in [7, 11) is 0. The summed E-state index contributed by atoms with van der Waals surface area (Å²) in [5.74, 6) is -2.20. The number of nitro groups is 1. The van der Waals surface area contributed by atoms with Crippen LogP contribution in [0.2, 0.25) is 0 Å². The number of non-ortho nitro benzene ring substituents is 1. The molecule has 0 fully saturated rings. The second kappa shape index (κ2) is 6.53. The molecule has 3 rings (SSSR count). The molecule has 2 heterocycles. The average Bonchev–Trinajstić information content (AvgIpc) is 3.28. The standard InChI is InChI=1S/C12H7N7O6/c20-11(24-9-4-13-17-15-9)6-1-7(3-8(2-6)19(22)23)12(21)25-10-5-14-18-16-10/h1-5H,(H,13,15,17)(H,14,16,18). The van der Waals surface area contributed by atoms with Crippen LogP contribution in [0.15, 0.2) is 30.6 Å². The van der Waals surface area contributed by atoms with Crippen molar-refractivity contribution in [2.45, 2.75) is 0 Å². The number of aromatic nitrogens is 6.